The third-order valence-corrected chi connectivity index (χ3v) is 3.95. The molecular weight excluding hydrogens is 274 g/mol. The van der Waals surface area contributed by atoms with Crippen LogP contribution in [-0.2, 0) is 4.79 Å². The third kappa shape index (κ3) is 5.68. The fraction of sp³-hybridized carbons (Fsp3) is 0.611. The Hall–Kier alpha value is -1.55. The summed E-state index contributed by atoms with van der Waals surface area (Å²) in [6.45, 7) is 8.31. The normalized spacial score (nSPS) is 15.1. The zero-order valence-corrected chi connectivity index (χ0v) is 13.9. The highest BCUT2D eigenvalue weighted by Crippen LogP contribution is 2.21. The van der Waals surface area contributed by atoms with Crippen LogP contribution in [0.5, 0.6) is 0 Å². The van der Waals surface area contributed by atoms with E-state index < -0.39 is 0 Å². The Morgan fingerprint density at radius 2 is 1.82 bits per heavy atom. The van der Waals surface area contributed by atoms with E-state index in [1.807, 2.05) is 12.1 Å². The molecule has 2 rings (SSSR count). The molecule has 1 aliphatic heterocycles. The van der Waals surface area contributed by atoms with E-state index in [0.717, 1.165) is 31.9 Å². The van der Waals surface area contributed by atoms with E-state index in [1.54, 1.807) is 0 Å². The van der Waals surface area contributed by atoms with Crippen LogP contribution >= 0.6 is 0 Å². The van der Waals surface area contributed by atoms with Crippen molar-refractivity contribution in [1.29, 1.82) is 0 Å². The summed E-state index contributed by atoms with van der Waals surface area (Å²) in [5.74, 6) is 0.687. The predicted molar refractivity (Wildman–Crippen MR) is 93.5 cm³/mol. The van der Waals surface area contributed by atoms with Crippen LogP contribution in [0.1, 0.15) is 39.5 Å². The monoisotopic (exact) mass is 303 g/mol. The number of piperidine rings is 1. The lowest BCUT2D eigenvalue weighted by Crippen LogP contribution is -2.29. The maximum absolute atomic E-state index is 11.9. The topological polar surface area (TPSA) is 44.4 Å². The van der Waals surface area contributed by atoms with Crippen LogP contribution in [0, 0.1) is 5.92 Å². The molecule has 0 saturated carbocycles. The second kappa shape index (κ2) is 8.79. The largest absolute Gasteiger partial charge is 0.372 e. The molecule has 0 aliphatic carbocycles. The molecule has 0 spiro atoms. The van der Waals surface area contributed by atoms with Gasteiger partial charge in [0.05, 0.1) is 0 Å². The van der Waals surface area contributed by atoms with Crippen molar-refractivity contribution < 1.29 is 4.79 Å². The first-order valence-corrected chi connectivity index (χ1v) is 8.51. The maximum Gasteiger partial charge on any atom is 0.225 e. The minimum absolute atomic E-state index is 0.0713. The molecule has 0 unspecified atom stereocenters. The van der Waals surface area contributed by atoms with Gasteiger partial charge >= 0.3 is 0 Å². The first kappa shape index (κ1) is 16.8. The van der Waals surface area contributed by atoms with Crippen molar-refractivity contribution >= 4 is 17.3 Å². The molecule has 0 atom stereocenters. The van der Waals surface area contributed by atoms with Crippen molar-refractivity contribution in [2.45, 2.75) is 39.5 Å². The Kier molecular flexibility index (Phi) is 6.72. The van der Waals surface area contributed by atoms with Crippen molar-refractivity contribution in [3.05, 3.63) is 24.3 Å². The number of anilines is 2. The molecule has 1 fully saturated rings. The zero-order valence-electron chi connectivity index (χ0n) is 13.9. The number of hydrogen-bond donors (Lipinski definition) is 2. The van der Waals surface area contributed by atoms with Crippen molar-refractivity contribution in [3.63, 3.8) is 0 Å². The van der Waals surface area contributed by atoms with Gasteiger partial charge in [-0.2, -0.15) is 0 Å². The Bertz CT molecular complexity index is 450. The number of nitrogens with one attached hydrogen (secondary N) is 2. The fourth-order valence-electron chi connectivity index (χ4n) is 2.72. The molecule has 1 saturated heterocycles. The molecule has 1 amide bonds. The first-order valence-electron chi connectivity index (χ1n) is 8.51. The van der Waals surface area contributed by atoms with E-state index >= 15 is 0 Å². The van der Waals surface area contributed by atoms with Gasteiger partial charge in [0.15, 0.2) is 0 Å². The lowest BCUT2D eigenvalue weighted by Gasteiger charge is -2.28. The molecule has 1 aliphatic rings. The van der Waals surface area contributed by atoms with Crippen LogP contribution in [0.4, 0.5) is 11.4 Å². The zero-order chi connectivity index (χ0) is 15.8. The molecule has 0 aromatic heterocycles. The van der Waals surface area contributed by atoms with Gasteiger partial charge < -0.3 is 15.5 Å². The maximum atomic E-state index is 11.9. The van der Waals surface area contributed by atoms with Crippen LogP contribution < -0.4 is 15.5 Å². The summed E-state index contributed by atoms with van der Waals surface area (Å²) in [6, 6.07) is 8.22. The number of carbonyl (C=O) groups is 1. The van der Waals surface area contributed by atoms with Gasteiger partial charge in [0.25, 0.3) is 0 Å². The van der Waals surface area contributed by atoms with Gasteiger partial charge in [-0.15, -0.1) is 0 Å². The van der Waals surface area contributed by atoms with E-state index in [-0.39, 0.29) is 5.91 Å². The summed E-state index contributed by atoms with van der Waals surface area (Å²) in [5.41, 5.74) is 2.14. The molecule has 1 heterocycles. The minimum atomic E-state index is 0.0713. The molecule has 1 aromatic carbocycles. The van der Waals surface area contributed by atoms with Crippen LogP contribution in [0.15, 0.2) is 24.3 Å². The summed E-state index contributed by atoms with van der Waals surface area (Å²) in [4.78, 5) is 14.3. The van der Waals surface area contributed by atoms with Gasteiger partial charge in [0, 0.05) is 37.4 Å². The highest BCUT2D eigenvalue weighted by Gasteiger charge is 2.10. The minimum Gasteiger partial charge on any atom is -0.372 e. The summed E-state index contributed by atoms with van der Waals surface area (Å²) in [7, 11) is 0. The Morgan fingerprint density at radius 1 is 1.14 bits per heavy atom. The van der Waals surface area contributed by atoms with Gasteiger partial charge in [0.1, 0.15) is 0 Å². The second-order valence-corrected chi connectivity index (χ2v) is 6.49. The standard InChI is InChI=1S/C18H29N3O/c1-15(2)14-19-11-10-18(22)20-16-6-8-17(9-7-16)21-12-4-3-5-13-21/h6-9,15,19H,3-5,10-14H2,1-2H3,(H,20,22). The number of nitrogens with zero attached hydrogens (tertiary/aromatic N) is 1. The predicted octanol–water partition coefficient (Wildman–Crippen LogP) is 3.25. The average molecular weight is 303 g/mol. The third-order valence-electron chi connectivity index (χ3n) is 3.95. The molecule has 22 heavy (non-hydrogen) atoms. The molecular formula is C18H29N3O. The van der Waals surface area contributed by atoms with Crippen LogP contribution in [0.25, 0.3) is 0 Å². The molecule has 0 radical (unpaired) electrons. The fourth-order valence-corrected chi connectivity index (χ4v) is 2.72. The number of amides is 1. The average Bonchev–Trinajstić information content (AvgIpc) is 2.53. The first-order chi connectivity index (χ1) is 10.6. The van der Waals surface area contributed by atoms with Crippen LogP contribution in [-0.4, -0.2) is 32.1 Å². The Morgan fingerprint density at radius 3 is 2.45 bits per heavy atom. The molecule has 4 nitrogen and oxygen atoms in total. The molecule has 4 heteroatoms. The van der Waals surface area contributed by atoms with Crippen molar-refractivity contribution in [3.8, 4) is 0 Å². The van der Waals surface area contributed by atoms with E-state index in [4.69, 9.17) is 0 Å². The van der Waals surface area contributed by atoms with E-state index in [9.17, 15) is 4.79 Å². The lowest BCUT2D eigenvalue weighted by atomic mass is 10.1. The van der Waals surface area contributed by atoms with E-state index in [2.05, 4.69) is 41.5 Å². The molecule has 2 N–H and O–H groups in total. The van der Waals surface area contributed by atoms with Gasteiger partial charge in [0.2, 0.25) is 5.91 Å². The summed E-state index contributed by atoms with van der Waals surface area (Å²) in [6.07, 6.45) is 4.42. The SMILES string of the molecule is CC(C)CNCCC(=O)Nc1ccc(N2CCCCC2)cc1. The molecule has 122 valence electrons. The van der Waals surface area contributed by atoms with Gasteiger partial charge in [-0.1, -0.05) is 13.8 Å². The summed E-state index contributed by atoms with van der Waals surface area (Å²) < 4.78 is 0. The molecule has 1 aromatic rings. The lowest BCUT2D eigenvalue weighted by molar-refractivity contribution is -0.116. The van der Waals surface area contributed by atoms with Crippen molar-refractivity contribution in [2.75, 3.05) is 36.4 Å². The highest BCUT2D eigenvalue weighted by molar-refractivity contribution is 5.91. The van der Waals surface area contributed by atoms with E-state index in [1.165, 1.54) is 24.9 Å². The smallest absolute Gasteiger partial charge is 0.225 e. The van der Waals surface area contributed by atoms with Crippen molar-refractivity contribution in [2.24, 2.45) is 5.92 Å². The summed E-state index contributed by atoms with van der Waals surface area (Å²) >= 11 is 0. The number of hydrogen-bond acceptors (Lipinski definition) is 3. The number of rotatable bonds is 7. The number of benzene rings is 1. The quantitative estimate of drug-likeness (QED) is 0.760. The van der Waals surface area contributed by atoms with Crippen LogP contribution in [0.3, 0.4) is 0 Å². The molecule has 0 bridgehead atoms. The van der Waals surface area contributed by atoms with Gasteiger partial charge in [-0.05, 0) is 56.0 Å². The van der Waals surface area contributed by atoms with Gasteiger partial charge in [-0.25, -0.2) is 0 Å². The number of carbonyl (C=O) groups excluding carboxylic acids is 1. The van der Waals surface area contributed by atoms with Crippen LogP contribution in [0.2, 0.25) is 0 Å². The second-order valence-electron chi connectivity index (χ2n) is 6.49. The Balaban J connectivity index is 1.74. The summed E-state index contributed by atoms with van der Waals surface area (Å²) in [5, 5.41) is 6.25. The Labute approximate surface area is 134 Å². The van der Waals surface area contributed by atoms with Gasteiger partial charge in [-0.3, -0.25) is 4.79 Å². The van der Waals surface area contributed by atoms with E-state index in [0.29, 0.717) is 12.3 Å². The highest BCUT2D eigenvalue weighted by atomic mass is 16.1. The van der Waals surface area contributed by atoms with Crippen molar-refractivity contribution in [1.82, 2.24) is 5.32 Å².